The van der Waals surface area contributed by atoms with Gasteiger partial charge in [0.05, 0.1) is 15.5 Å². The lowest BCUT2D eigenvalue weighted by atomic mass is 10.1. The molecule has 0 saturated heterocycles. The van der Waals surface area contributed by atoms with Crippen LogP contribution in [0.15, 0.2) is 29.2 Å². The molecule has 2 aromatic heterocycles. The Balaban J connectivity index is 1.56. The Kier molecular flexibility index (Phi) is 5.14. The Morgan fingerprint density at radius 2 is 2.00 bits per heavy atom. The molecule has 0 unspecified atom stereocenters. The maximum Gasteiger partial charge on any atom is 0.261 e. The quantitative estimate of drug-likeness (QED) is 0.626. The van der Waals surface area contributed by atoms with Crippen LogP contribution < -0.4 is 10.0 Å². The molecular formula is C20H22N4O3S2. The lowest BCUT2D eigenvalue weighted by molar-refractivity contribution is 0.0954. The van der Waals surface area contributed by atoms with E-state index in [9.17, 15) is 13.2 Å². The summed E-state index contributed by atoms with van der Waals surface area (Å²) in [6.07, 6.45) is 2.26. The van der Waals surface area contributed by atoms with E-state index >= 15 is 0 Å². The monoisotopic (exact) mass is 430 g/mol. The molecule has 0 radical (unpaired) electrons. The topological polar surface area (TPSA) is 101 Å². The number of hydrogen-bond acceptors (Lipinski definition) is 6. The first-order valence-corrected chi connectivity index (χ1v) is 11.7. The van der Waals surface area contributed by atoms with Crippen molar-refractivity contribution < 1.29 is 13.2 Å². The minimum atomic E-state index is -3.52. The lowest BCUT2D eigenvalue weighted by Gasteiger charge is -2.07. The van der Waals surface area contributed by atoms with E-state index in [1.807, 2.05) is 13.8 Å². The number of thiophene rings is 1. The van der Waals surface area contributed by atoms with Gasteiger partial charge in [-0.1, -0.05) is 12.1 Å². The van der Waals surface area contributed by atoms with E-state index in [-0.39, 0.29) is 17.3 Å². The highest BCUT2D eigenvalue weighted by atomic mass is 32.2. The van der Waals surface area contributed by atoms with E-state index in [0.717, 1.165) is 40.1 Å². The Morgan fingerprint density at radius 1 is 1.24 bits per heavy atom. The molecule has 4 rings (SSSR count). The van der Waals surface area contributed by atoms with Gasteiger partial charge in [-0.25, -0.2) is 23.1 Å². The summed E-state index contributed by atoms with van der Waals surface area (Å²) in [5.74, 6) is 1.14. The van der Waals surface area contributed by atoms with Crippen molar-refractivity contribution in [2.45, 2.75) is 44.0 Å². The maximum atomic E-state index is 12.8. The molecule has 29 heavy (non-hydrogen) atoms. The summed E-state index contributed by atoms with van der Waals surface area (Å²) in [5, 5.41) is 3.84. The van der Waals surface area contributed by atoms with E-state index in [1.165, 1.54) is 24.5 Å². The maximum absolute atomic E-state index is 12.8. The highest BCUT2D eigenvalue weighted by molar-refractivity contribution is 7.89. The van der Waals surface area contributed by atoms with Crippen molar-refractivity contribution in [1.29, 1.82) is 0 Å². The van der Waals surface area contributed by atoms with E-state index in [1.54, 1.807) is 18.2 Å². The zero-order valence-corrected chi connectivity index (χ0v) is 18.1. The molecule has 2 N–H and O–H groups in total. The van der Waals surface area contributed by atoms with Crippen molar-refractivity contribution >= 4 is 37.5 Å². The van der Waals surface area contributed by atoms with Crippen molar-refractivity contribution in [3.63, 3.8) is 0 Å². The van der Waals surface area contributed by atoms with Crippen LogP contribution in [0.25, 0.3) is 10.2 Å². The number of fused-ring (bicyclic) bond motifs is 1. The first kappa shape index (κ1) is 19.9. The van der Waals surface area contributed by atoms with Gasteiger partial charge in [0.25, 0.3) is 5.91 Å². The molecule has 9 heteroatoms. The van der Waals surface area contributed by atoms with Crippen molar-refractivity contribution in [3.05, 3.63) is 51.8 Å². The third-order valence-corrected chi connectivity index (χ3v) is 7.66. The molecule has 0 bridgehead atoms. The van der Waals surface area contributed by atoms with Gasteiger partial charge in [0.15, 0.2) is 0 Å². The SMILES string of the molecule is CNS(=O)(=O)c1cccc(CNC(=O)c2sc3nc(C4CC4)nc(C)c3c2C)c1. The number of rotatable bonds is 6. The zero-order valence-electron chi connectivity index (χ0n) is 16.4. The molecule has 1 aromatic carbocycles. The number of aryl methyl sites for hydroxylation is 2. The molecule has 7 nitrogen and oxygen atoms in total. The lowest BCUT2D eigenvalue weighted by Crippen LogP contribution is -2.23. The molecule has 1 saturated carbocycles. The fourth-order valence-corrected chi connectivity index (χ4v) is 5.26. The van der Waals surface area contributed by atoms with Crippen LogP contribution in [-0.2, 0) is 16.6 Å². The zero-order chi connectivity index (χ0) is 20.8. The van der Waals surface area contributed by atoms with E-state index < -0.39 is 10.0 Å². The molecule has 2 heterocycles. The third-order valence-electron chi connectivity index (χ3n) is 5.07. The molecule has 152 valence electrons. The fraction of sp³-hybridized carbons (Fsp3) is 0.350. The number of carbonyl (C=O) groups excluding carboxylic acids is 1. The summed E-state index contributed by atoms with van der Waals surface area (Å²) in [4.78, 5) is 23.8. The van der Waals surface area contributed by atoms with Crippen molar-refractivity contribution in [2.75, 3.05) is 7.05 Å². The second-order valence-corrected chi connectivity index (χ2v) is 10.1. The predicted molar refractivity (Wildman–Crippen MR) is 113 cm³/mol. The van der Waals surface area contributed by atoms with Crippen LogP contribution in [0.1, 0.15) is 51.1 Å². The number of nitrogens with one attached hydrogen (secondary N) is 2. The summed E-state index contributed by atoms with van der Waals surface area (Å²) < 4.78 is 26.2. The van der Waals surface area contributed by atoms with Gasteiger partial charge in [-0.2, -0.15) is 0 Å². The molecule has 0 spiro atoms. The van der Waals surface area contributed by atoms with E-state index in [4.69, 9.17) is 0 Å². The average Bonchev–Trinajstić information content (AvgIpc) is 3.50. The summed E-state index contributed by atoms with van der Waals surface area (Å²) in [7, 11) is -2.15. The van der Waals surface area contributed by atoms with Crippen LogP contribution in [0.4, 0.5) is 0 Å². The van der Waals surface area contributed by atoms with Gasteiger partial charge in [-0.3, -0.25) is 4.79 Å². The molecule has 1 aliphatic carbocycles. The summed E-state index contributed by atoms with van der Waals surface area (Å²) >= 11 is 1.38. The Morgan fingerprint density at radius 3 is 2.69 bits per heavy atom. The fourth-order valence-electron chi connectivity index (χ4n) is 3.30. The number of nitrogens with zero attached hydrogens (tertiary/aromatic N) is 2. The highest BCUT2D eigenvalue weighted by Gasteiger charge is 2.28. The average molecular weight is 431 g/mol. The summed E-state index contributed by atoms with van der Waals surface area (Å²) in [5.41, 5.74) is 2.50. The summed E-state index contributed by atoms with van der Waals surface area (Å²) in [6, 6.07) is 6.52. The van der Waals surface area contributed by atoms with Crippen LogP contribution in [0.2, 0.25) is 0 Å². The Labute approximate surface area is 173 Å². The van der Waals surface area contributed by atoms with Gasteiger partial charge in [-0.15, -0.1) is 11.3 Å². The molecule has 1 fully saturated rings. The molecule has 1 aliphatic rings. The molecule has 0 aliphatic heterocycles. The Hall–Kier alpha value is -2.36. The Bertz CT molecular complexity index is 1210. The van der Waals surface area contributed by atoms with Crippen LogP contribution in [-0.4, -0.2) is 31.3 Å². The summed E-state index contributed by atoms with van der Waals surface area (Å²) in [6.45, 7) is 4.11. The van der Waals surface area contributed by atoms with Crippen LogP contribution >= 0.6 is 11.3 Å². The number of sulfonamides is 1. The van der Waals surface area contributed by atoms with Crippen molar-refractivity contribution in [1.82, 2.24) is 20.0 Å². The molecular weight excluding hydrogens is 408 g/mol. The number of amides is 1. The first-order valence-electron chi connectivity index (χ1n) is 9.38. The smallest absolute Gasteiger partial charge is 0.261 e. The second kappa shape index (κ2) is 7.47. The van der Waals surface area contributed by atoms with Crippen LogP contribution in [0.5, 0.6) is 0 Å². The molecule has 1 amide bonds. The predicted octanol–water partition coefficient (Wildman–Crippen LogP) is 3.02. The molecule has 0 atom stereocenters. The van der Waals surface area contributed by atoms with Gasteiger partial charge in [0, 0.05) is 17.8 Å². The highest BCUT2D eigenvalue weighted by Crippen LogP contribution is 2.40. The van der Waals surface area contributed by atoms with Crippen LogP contribution in [0.3, 0.4) is 0 Å². The van der Waals surface area contributed by atoms with Gasteiger partial charge in [0.2, 0.25) is 10.0 Å². The van der Waals surface area contributed by atoms with Crippen molar-refractivity contribution in [2.24, 2.45) is 0 Å². The number of aromatic nitrogens is 2. The number of hydrogen-bond donors (Lipinski definition) is 2. The first-order chi connectivity index (χ1) is 13.8. The third kappa shape index (κ3) is 3.90. The standard InChI is InChI=1S/C20H22N4O3S2/c1-11-16-12(2)23-18(14-7-8-14)24-20(16)28-17(11)19(25)22-10-13-5-4-6-15(9-13)29(26,27)21-3/h4-6,9,14,21H,7-8,10H2,1-3H3,(H,22,25). The van der Waals surface area contributed by atoms with Gasteiger partial charge in [-0.05, 0) is 57.0 Å². The van der Waals surface area contributed by atoms with E-state index in [0.29, 0.717) is 16.4 Å². The van der Waals surface area contributed by atoms with Gasteiger partial charge < -0.3 is 5.32 Å². The second-order valence-electron chi connectivity index (χ2n) is 7.22. The van der Waals surface area contributed by atoms with Crippen LogP contribution in [0, 0.1) is 13.8 Å². The van der Waals surface area contributed by atoms with Gasteiger partial charge >= 0.3 is 0 Å². The van der Waals surface area contributed by atoms with Gasteiger partial charge in [0.1, 0.15) is 10.7 Å². The largest absolute Gasteiger partial charge is 0.347 e. The molecule has 3 aromatic rings. The number of benzene rings is 1. The van der Waals surface area contributed by atoms with Crippen molar-refractivity contribution in [3.8, 4) is 0 Å². The minimum absolute atomic E-state index is 0.170. The number of carbonyl (C=O) groups is 1. The van der Waals surface area contributed by atoms with E-state index in [2.05, 4.69) is 20.0 Å². The normalized spacial score (nSPS) is 14.3. The minimum Gasteiger partial charge on any atom is -0.347 e.